The highest BCUT2D eigenvalue weighted by Gasteiger charge is 2.31. The average Bonchev–Trinajstić information content (AvgIpc) is 2.66. The molecule has 0 fully saturated rings. The Morgan fingerprint density at radius 3 is 2.65 bits per heavy atom. The zero-order chi connectivity index (χ0) is 18.7. The van der Waals surface area contributed by atoms with Crippen molar-refractivity contribution in [1.29, 1.82) is 5.41 Å². The van der Waals surface area contributed by atoms with Crippen molar-refractivity contribution in [2.75, 3.05) is 0 Å². The van der Waals surface area contributed by atoms with Gasteiger partial charge in [0.15, 0.2) is 0 Å². The molecule has 5 nitrogen and oxygen atoms in total. The Kier molecular flexibility index (Phi) is 4.91. The van der Waals surface area contributed by atoms with E-state index < -0.39 is 5.54 Å². The van der Waals surface area contributed by atoms with E-state index in [2.05, 4.69) is 28.5 Å². The molecule has 0 spiro atoms. The maximum Gasteiger partial charge on any atom is 0.139 e. The van der Waals surface area contributed by atoms with Gasteiger partial charge in [-0.1, -0.05) is 48.6 Å². The number of allylic oxidation sites excluding steroid dienone is 2. The van der Waals surface area contributed by atoms with Crippen molar-refractivity contribution in [3.8, 4) is 5.75 Å². The molecule has 0 radical (unpaired) electrons. The lowest BCUT2D eigenvalue weighted by Gasteiger charge is -2.33. The molecule has 5 N–H and O–H groups in total. The number of nitrogens with two attached hydrogens (primary N) is 1. The van der Waals surface area contributed by atoms with Crippen LogP contribution >= 0.6 is 0 Å². The first-order valence-electron chi connectivity index (χ1n) is 8.61. The topological polar surface area (TPSA) is 95.0 Å². The van der Waals surface area contributed by atoms with E-state index in [1.54, 1.807) is 13.1 Å². The van der Waals surface area contributed by atoms with Gasteiger partial charge in [0.25, 0.3) is 0 Å². The Labute approximate surface area is 153 Å². The van der Waals surface area contributed by atoms with Crippen molar-refractivity contribution in [2.24, 2.45) is 5.73 Å². The molecule has 1 aromatic heterocycles. The van der Waals surface area contributed by atoms with Crippen LogP contribution in [0.25, 0.3) is 5.57 Å². The molecule has 1 aliphatic carbocycles. The normalized spacial score (nSPS) is 19.2. The van der Waals surface area contributed by atoms with Crippen LogP contribution in [0.1, 0.15) is 28.8 Å². The molecule has 26 heavy (non-hydrogen) atoms. The van der Waals surface area contributed by atoms with E-state index in [4.69, 9.17) is 11.1 Å². The lowest BCUT2D eigenvalue weighted by Crippen LogP contribution is -2.53. The summed E-state index contributed by atoms with van der Waals surface area (Å²) < 4.78 is 0. The van der Waals surface area contributed by atoms with E-state index in [-0.39, 0.29) is 11.6 Å². The molecule has 0 amide bonds. The smallest absolute Gasteiger partial charge is 0.139 e. The zero-order valence-electron chi connectivity index (χ0n) is 15.1. The van der Waals surface area contributed by atoms with Gasteiger partial charge in [-0.2, -0.15) is 0 Å². The Hall–Kier alpha value is -2.92. The summed E-state index contributed by atoms with van der Waals surface area (Å²) in [6.07, 6.45) is 8.40. The first kappa shape index (κ1) is 17.9. The molecule has 0 saturated heterocycles. The van der Waals surface area contributed by atoms with E-state index in [1.165, 1.54) is 0 Å². The van der Waals surface area contributed by atoms with Crippen LogP contribution in [-0.2, 0) is 6.54 Å². The van der Waals surface area contributed by atoms with Crippen LogP contribution in [0.4, 0.5) is 0 Å². The molecule has 134 valence electrons. The highest BCUT2D eigenvalue weighted by atomic mass is 16.3. The highest BCUT2D eigenvalue weighted by Crippen LogP contribution is 2.28. The van der Waals surface area contributed by atoms with Crippen molar-refractivity contribution in [3.63, 3.8) is 0 Å². The second-order valence-electron chi connectivity index (χ2n) is 6.64. The number of benzene rings is 1. The number of nitrogens with zero attached hydrogens (tertiary/aromatic N) is 1. The number of nitrogens with one attached hydrogen (secondary N) is 2. The van der Waals surface area contributed by atoms with Crippen LogP contribution in [-0.4, -0.2) is 21.5 Å². The van der Waals surface area contributed by atoms with Crippen molar-refractivity contribution in [1.82, 2.24) is 10.3 Å². The Balaban J connectivity index is 1.79. The summed E-state index contributed by atoms with van der Waals surface area (Å²) in [4.78, 5) is 4.22. The van der Waals surface area contributed by atoms with Gasteiger partial charge in [-0.15, -0.1) is 0 Å². The summed E-state index contributed by atoms with van der Waals surface area (Å²) in [6.45, 7) is 4.10. The van der Waals surface area contributed by atoms with Crippen LogP contribution in [0.2, 0.25) is 0 Å². The fraction of sp³-hybridized carbons (Fsp3) is 0.238. The van der Waals surface area contributed by atoms with E-state index in [0.29, 0.717) is 18.7 Å². The van der Waals surface area contributed by atoms with Gasteiger partial charge in [0.1, 0.15) is 11.6 Å². The number of hydrogen-bond acceptors (Lipinski definition) is 4. The lowest BCUT2D eigenvalue weighted by molar-refractivity contribution is 0.458. The number of pyridine rings is 1. The summed E-state index contributed by atoms with van der Waals surface area (Å²) in [5.74, 6) is 0.283. The van der Waals surface area contributed by atoms with E-state index in [1.807, 2.05) is 37.3 Å². The van der Waals surface area contributed by atoms with Gasteiger partial charge in [0, 0.05) is 12.7 Å². The molecule has 3 rings (SSSR count). The van der Waals surface area contributed by atoms with Crippen LogP contribution in [0.15, 0.2) is 54.8 Å². The van der Waals surface area contributed by atoms with Crippen LogP contribution in [0.5, 0.6) is 5.75 Å². The Morgan fingerprint density at radius 2 is 2.04 bits per heavy atom. The Morgan fingerprint density at radius 1 is 1.31 bits per heavy atom. The second kappa shape index (κ2) is 7.14. The summed E-state index contributed by atoms with van der Waals surface area (Å²) in [6, 6.07) is 10.1. The van der Waals surface area contributed by atoms with Crippen molar-refractivity contribution >= 4 is 11.4 Å². The van der Waals surface area contributed by atoms with Gasteiger partial charge in [-0.25, -0.2) is 0 Å². The molecule has 2 aromatic rings. The predicted molar refractivity (Wildman–Crippen MR) is 105 cm³/mol. The van der Waals surface area contributed by atoms with Crippen molar-refractivity contribution < 1.29 is 5.11 Å². The minimum absolute atomic E-state index is 0.0686. The molecule has 0 aliphatic heterocycles. The maximum atomic E-state index is 10.1. The predicted octanol–water partition coefficient (Wildman–Crippen LogP) is 3.21. The van der Waals surface area contributed by atoms with E-state index in [0.717, 1.165) is 22.3 Å². The average molecular weight is 348 g/mol. The first-order valence-corrected chi connectivity index (χ1v) is 8.61. The third kappa shape index (κ3) is 3.39. The quantitative estimate of drug-likeness (QED) is 0.493. The molecule has 1 aliphatic rings. The van der Waals surface area contributed by atoms with Crippen LogP contribution in [0.3, 0.4) is 0 Å². The fourth-order valence-electron chi connectivity index (χ4n) is 3.10. The number of amidine groups is 1. The van der Waals surface area contributed by atoms with E-state index >= 15 is 0 Å². The minimum Gasteiger partial charge on any atom is -0.506 e. The fourth-order valence-corrected chi connectivity index (χ4v) is 3.10. The summed E-state index contributed by atoms with van der Waals surface area (Å²) in [5, 5.41) is 21.5. The van der Waals surface area contributed by atoms with Gasteiger partial charge in [0.05, 0.1) is 11.2 Å². The molecular formula is C21H24N4O. The SMILES string of the molecule is Cc1ncc(CNC2(C(=N)N)C=CC(c3ccccc3)=CC2)c(C)c1O. The summed E-state index contributed by atoms with van der Waals surface area (Å²) >= 11 is 0. The number of aromatic hydroxyl groups is 1. The highest BCUT2D eigenvalue weighted by molar-refractivity contribution is 5.92. The molecule has 1 aromatic carbocycles. The molecule has 1 unspecified atom stereocenters. The summed E-state index contributed by atoms with van der Waals surface area (Å²) in [5.41, 5.74) is 9.75. The van der Waals surface area contributed by atoms with Gasteiger partial charge < -0.3 is 10.8 Å². The van der Waals surface area contributed by atoms with E-state index in [9.17, 15) is 5.11 Å². The number of aryl methyl sites for hydroxylation is 1. The third-order valence-electron chi connectivity index (χ3n) is 4.97. The third-order valence-corrected chi connectivity index (χ3v) is 4.97. The minimum atomic E-state index is -0.731. The number of rotatable bonds is 5. The van der Waals surface area contributed by atoms with Crippen LogP contribution < -0.4 is 11.1 Å². The molecular weight excluding hydrogens is 324 g/mol. The maximum absolute atomic E-state index is 10.1. The second-order valence-corrected chi connectivity index (χ2v) is 6.64. The molecule has 0 bridgehead atoms. The van der Waals surface area contributed by atoms with Crippen molar-refractivity contribution in [2.45, 2.75) is 32.4 Å². The van der Waals surface area contributed by atoms with Crippen LogP contribution in [0, 0.1) is 19.3 Å². The number of hydrogen-bond donors (Lipinski definition) is 4. The molecule has 5 heteroatoms. The standard InChI is InChI=1S/C21H24N4O/c1-14-18(12-24-15(2)19(14)26)13-25-21(20(22)23)10-8-17(9-11-21)16-6-4-3-5-7-16/h3-10,12,25-26H,11,13H2,1-2H3,(H3,22,23). The zero-order valence-corrected chi connectivity index (χ0v) is 15.1. The summed E-state index contributed by atoms with van der Waals surface area (Å²) in [7, 11) is 0. The van der Waals surface area contributed by atoms with Gasteiger partial charge in [-0.05, 0) is 42.5 Å². The first-order chi connectivity index (χ1) is 12.4. The Bertz CT molecular complexity index is 886. The number of aromatic nitrogens is 1. The largest absolute Gasteiger partial charge is 0.506 e. The lowest BCUT2D eigenvalue weighted by atomic mass is 9.85. The van der Waals surface area contributed by atoms with Gasteiger partial charge in [-0.3, -0.25) is 15.7 Å². The monoisotopic (exact) mass is 348 g/mol. The van der Waals surface area contributed by atoms with Gasteiger partial charge in [0.2, 0.25) is 0 Å². The van der Waals surface area contributed by atoms with Crippen molar-refractivity contribution in [3.05, 3.63) is 77.1 Å². The molecule has 1 heterocycles. The molecule has 0 saturated carbocycles. The van der Waals surface area contributed by atoms with Gasteiger partial charge >= 0.3 is 0 Å². The molecule has 1 atom stereocenters.